The minimum atomic E-state index is -4.40. The second-order valence-corrected chi connectivity index (χ2v) is 8.36. The van der Waals surface area contributed by atoms with Gasteiger partial charge in [0, 0.05) is 41.9 Å². The quantitative estimate of drug-likeness (QED) is 0.619. The predicted octanol–water partition coefficient (Wildman–Crippen LogP) is 4.47. The zero-order valence-electron chi connectivity index (χ0n) is 16.2. The summed E-state index contributed by atoms with van der Waals surface area (Å²) in [6, 6.07) is 9.12. The Bertz CT molecular complexity index is 1000. The molecule has 5 nitrogen and oxygen atoms in total. The van der Waals surface area contributed by atoms with Crippen LogP contribution in [0.3, 0.4) is 0 Å². The average molecular weight is 472 g/mol. The summed E-state index contributed by atoms with van der Waals surface area (Å²) < 4.78 is 39.0. The lowest BCUT2D eigenvalue weighted by molar-refractivity contribution is -0.137. The molecule has 2 aliphatic heterocycles. The molecule has 164 valence electrons. The molecule has 31 heavy (non-hydrogen) atoms. The van der Waals surface area contributed by atoms with Gasteiger partial charge in [0.25, 0.3) is 5.91 Å². The number of carbonyl (C=O) groups excluding carboxylic acids is 2. The smallest absolute Gasteiger partial charge is 0.369 e. The first kappa shape index (κ1) is 21.9. The van der Waals surface area contributed by atoms with Crippen LogP contribution in [0, 0.1) is 0 Å². The van der Waals surface area contributed by atoms with E-state index in [4.69, 9.17) is 23.2 Å². The molecule has 1 unspecified atom stereocenters. The number of halogens is 5. The third kappa shape index (κ3) is 4.51. The van der Waals surface area contributed by atoms with E-state index in [2.05, 4.69) is 0 Å². The molecule has 0 aromatic heterocycles. The zero-order valence-corrected chi connectivity index (χ0v) is 17.7. The number of alkyl halides is 3. The third-order valence-electron chi connectivity index (χ3n) is 5.52. The molecule has 2 saturated heterocycles. The highest BCUT2D eigenvalue weighted by molar-refractivity contribution is 6.35. The summed E-state index contributed by atoms with van der Waals surface area (Å²) in [6.07, 6.45) is -4.37. The standard InChI is InChI=1S/C21H18Cl2F3N3O2/c22-14-9-15(23)11-17(10-14)29-19(30)12-18(20(29)31)28-6-4-27(5-7-28)16-3-1-2-13(8-16)21(24,25)26/h1-3,8-11,18H,4-7,12H2. The fourth-order valence-electron chi connectivity index (χ4n) is 4.01. The lowest BCUT2D eigenvalue weighted by Crippen LogP contribution is -2.52. The normalized spacial score (nSPS) is 20.6. The molecular formula is C21H18Cl2F3N3O2. The van der Waals surface area contributed by atoms with Gasteiger partial charge in [-0.05, 0) is 36.4 Å². The Morgan fingerprint density at radius 3 is 2.13 bits per heavy atom. The Hall–Kier alpha value is -2.29. The van der Waals surface area contributed by atoms with Gasteiger partial charge in [0.15, 0.2) is 0 Å². The van der Waals surface area contributed by atoms with Crippen molar-refractivity contribution in [2.75, 3.05) is 36.0 Å². The number of imide groups is 1. The van der Waals surface area contributed by atoms with Gasteiger partial charge < -0.3 is 4.90 Å². The second kappa shape index (κ2) is 8.33. The maximum absolute atomic E-state index is 13.0. The Morgan fingerprint density at radius 1 is 0.871 bits per heavy atom. The summed E-state index contributed by atoms with van der Waals surface area (Å²) in [4.78, 5) is 30.4. The van der Waals surface area contributed by atoms with Crippen LogP contribution in [-0.4, -0.2) is 48.9 Å². The van der Waals surface area contributed by atoms with E-state index in [1.807, 2.05) is 9.80 Å². The molecule has 2 amide bonds. The van der Waals surface area contributed by atoms with Crippen molar-refractivity contribution in [2.24, 2.45) is 0 Å². The molecular weight excluding hydrogens is 454 g/mol. The molecule has 2 aliphatic rings. The van der Waals surface area contributed by atoms with Crippen molar-refractivity contribution in [3.05, 3.63) is 58.1 Å². The fraction of sp³-hybridized carbons (Fsp3) is 0.333. The molecule has 10 heteroatoms. The molecule has 0 saturated carbocycles. The fourth-order valence-corrected chi connectivity index (χ4v) is 4.53. The maximum atomic E-state index is 13.0. The molecule has 2 aromatic carbocycles. The van der Waals surface area contributed by atoms with Gasteiger partial charge in [-0.1, -0.05) is 29.3 Å². The van der Waals surface area contributed by atoms with Crippen LogP contribution in [0.15, 0.2) is 42.5 Å². The number of nitrogens with zero attached hydrogens (tertiary/aromatic N) is 3. The van der Waals surface area contributed by atoms with Crippen molar-refractivity contribution in [3.8, 4) is 0 Å². The highest BCUT2D eigenvalue weighted by Gasteiger charge is 2.43. The molecule has 0 bridgehead atoms. The van der Waals surface area contributed by atoms with E-state index in [9.17, 15) is 22.8 Å². The molecule has 4 rings (SSSR count). The van der Waals surface area contributed by atoms with Crippen molar-refractivity contribution in [1.82, 2.24) is 4.90 Å². The number of benzene rings is 2. The average Bonchev–Trinajstić information content (AvgIpc) is 3.01. The molecule has 0 radical (unpaired) electrons. The van der Waals surface area contributed by atoms with Gasteiger partial charge in [-0.3, -0.25) is 14.5 Å². The Labute approximate surface area is 186 Å². The van der Waals surface area contributed by atoms with E-state index in [0.29, 0.717) is 47.6 Å². The summed E-state index contributed by atoms with van der Waals surface area (Å²) in [5.74, 6) is -0.690. The van der Waals surface area contributed by atoms with Crippen LogP contribution in [0.4, 0.5) is 24.5 Å². The minimum Gasteiger partial charge on any atom is -0.369 e. The zero-order chi connectivity index (χ0) is 22.3. The van der Waals surface area contributed by atoms with Gasteiger partial charge >= 0.3 is 6.18 Å². The number of hydrogen-bond donors (Lipinski definition) is 0. The van der Waals surface area contributed by atoms with Crippen molar-refractivity contribution in [2.45, 2.75) is 18.6 Å². The van der Waals surface area contributed by atoms with E-state index in [0.717, 1.165) is 17.0 Å². The molecule has 0 N–H and O–H groups in total. The topological polar surface area (TPSA) is 43.9 Å². The van der Waals surface area contributed by atoms with E-state index < -0.39 is 17.8 Å². The SMILES string of the molecule is O=C1CC(N2CCN(c3cccc(C(F)(F)F)c3)CC2)C(=O)N1c1cc(Cl)cc(Cl)c1. The molecule has 0 aliphatic carbocycles. The molecule has 2 aromatic rings. The molecule has 2 fully saturated rings. The van der Waals surface area contributed by atoms with Crippen molar-refractivity contribution < 1.29 is 22.8 Å². The lowest BCUT2D eigenvalue weighted by atomic mass is 10.1. The molecule has 1 atom stereocenters. The monoisotopic (exact) mass is 471 g/mol. The van der Waals surface area contributed by atoms with Gasteiger partial charge in [-0.2, -0.15) is 13.2 Å². The summed E-state index contributed by atoms with van der Waals surface area (Å²) >= 11 is 12.0. The van der Waals surface area contributed by atoms with Crippen LogP contribution < -0.4 is 9.80 Å². The summed E-state index contributed by atoms with van der Waals surface area (Å²) in [5, 5.41) is 0.641. The summed E-state index contributed by atoms with van der Waals surface area (Å²) in [5.41, 5.74) is 0.121. The number of anilines is 2. The van der Waals surface area contributed by atoms with E-state index >= 15 is 0 Å². The van der Waals surface area contributed by atoms with Crippen LogP contribution in [0.2, 0.25) is 10.0 Å². The van der Waals surface area contributed by atoms with Crippen LogP contribution in [0.5, 0.6) is 0 Å². The van der Waals surface area contributed by atoms with Gasteiger partial charge in [0.1, 0.15) is 0 Å². The van der Waals surface area contributed by atoms with Gasteiger partial charge in [-0.15, -0.1) is 0 Å². The Balaban J connectivity index is 1.45. The van der Waals surface area contributed by atoms with E-state index in [-0.39, 0.29) is 18.2 Å². The predicted molar refractivity (Wildman–Crippen MR) is 113 cm³/mol. The van der Waals surface area contributed by atoms with Crippen LogP contribution >= 0.6 is 23.2 Å². The Morgan fingerprint density at radius 2 is 1.52 bits per heavy atom. The van der Waals surface area contributed by atoms with Crippen molar-refractivity contribution in [1.29, 1.82) is 0 Å². The largest absolute Gasteiger partial charge is 0.416 e. The minimum absolute atomic E-state index is 0.0343. The number of piperazine rings is 1. The van der Waals surface area contributed by atoms with Crippen LogP contribution in [-0.2, 0) is 15.8 Å². The third-order valence-corrected chi connectivity index (χ3v) is 5.96. The van der Waals surface area contributed by atoms with Gasteiger partial charge in [0.05, 0.1) is 23.7 Å². The number of carbonyl (C=O) groups is 2. The number of rotatable bonds is 3. The van der Waals surface area contributed by atoms with Crippen LogP contribution in [0.1, 0.15) is 12.0 Å². The first-order valence-electron chi connectivity index (χ1n) is 9.62. The molecule has 0 spiro atoms. The number of hydrogen-bond acceptors (Lipinski definition) is 4. The number of amides is 2. The van der Waals surface area contributed by atoms with Gasteiger partial charge in [-0.25, -0.2) is 4.90 Å². The van der Waals surface area contributed by atoms with E-state index in [1.54, 1.807) is 6.07 Å². The maximum Gasteiger partial charge on any atom is 0.416 e. The lowest BCUT2D eigenvalue weighted by Gasteiger charge is -2.38. The van der Waals surface area contributed by atoms with Gasteiger partial charge in [0.2, 0.25) is 5.91 Å². The Kier molecular flexibility index (Phi) is 5.89. The van der Waals surface area contributed by atoms with Crippen molar-refractivity contribution in [3.63, 3.8) is 0 Å². The van der Waals surface area contributed by atoms with Crippen molar-refractivity contribution >= 4 is 46.4 Å². The summed E-state index contributed by atoms with van der Waals surface area (Å²) in [7, 11) is 0. The first-order valence-corrected chi connectivity index (χ1v) is 10.4. The summed E-state index contributed by atoms with van der Waals surface area (Å²) in [6.45, 7) is 1.79. The molecule has 2 heterocycles. The second-order valence-electron chi connectivity index (χ2n) is 7.49. The first-order chi connectivity index (χ1) is 14.6. The van der Waals surface area contributed by atoms with Crippen LogP contribution in [0.25, 0.3) is 0 Å². The highest BCUT2D eigenvalue weighted by Crippen LogP contribution is 2.33. The highest BCUT2D eigenvalue weighted by atomic mass is 35.5. The van der Waals surface area contributed by atoms with E-state index in [1.165, 1.54) is 24.3 Å².